The van der Waals surface area contributed by atoms with Gasteiger partial charge in [-0.3, -0.25) is 4.90 Å². The van der Waals surface area contributed by atoms with Crippen molar-refractivity contribution in [1.82, 2.24) is 5.32 Å². The second kappa shape index (κ2) is 7.47. The normalized spacial score (nSPS) is 11.8. The fourth-order valence-electron chi connectivity index (χ4n) is 1.87. The molecule has 0 heterocycles. The molecule has 0 fully saturated rings. The fraction of sp³-hybridized carbons (Fsp3) is 0.429. The number of aliphatic carboxylic acids is 1. The molecule has 0 unspecified atom stereocenters. The van der Waals surface area contributed by atoms with Crippen LogP contribution >= 0.6 is 0 Å². The number of hydrogen-bond acceptors (Lipinski definition) is 2. The summed E-state index contributed by atoms with van der Waals surface area (Å²) in [7, 11) is 0. The molecule has 0 spiro atoms. The highest BCUT2D eigenvalue weighted by Crippen LogP contribution is 2.18. The molecular weight excluding hydrogens is 263 g/mol. The molecule has 0 radical (unpaired) electrons. The van der Waals surface area contributed by atoms with Gasteiger partial charge >= 0.3 is 12.0 Å². The van der Waals surface area contributed by atoms with Crippen LogP contribution in [0.4, 0.5) is 14.9 Å². The van der Waals surface area contributed by atoms with Crippen LogP contribution in [0.25, 0.3) is 0 Å². The Balaban J connectivity index is 2.87. The van der Waals surface area contributed by atoms with Crippen molar-refractivity contribution in [3.8, 4) is 0 Å². The zero-order valence-electron chi connectivity index (χ0n) is 11.6. The number of rotatable bonds is 6. The molecule has 0 aliphatic rings. The summed E-state index contributed by atoms with van der Waals surface area (Å²) in [4.78, 5) is 24.3. The maximum Gasteiger partial charge on any atom is 0.326 e. The topological polar surface area (TPSA) is 69.6 Å². The number of nitrogens with zero attached hydrogens (tertiary/aromatic N) is 1. The van der Waals surface area contributed by atoms with E-state index < -0.39 is 23.9 Å². The van der Waals surface area contributed by atoms with E-state index in [9.17, 15) is 14.0 Å². The van der Waals surface area contributed by atoms with Crippen molar-refractivity contribution in [3.63, 3.8) is 0 Å². The number of carbonyl (C=O) groups is 2. The monoisotopic (exact) mass is 282 g/mol. The molecule has 1 aromatic carbocycles. The van der Waals surface area contributed by atoms with Crippen LogP contribution in [0.3, 0.4) is 0 Å². The second-order valence-corrected chi connectivity index (χ2v) is 4.32. The average Bonchev–Trinajstić information content (AvgIpc) is 2.41. The summed E-state index contributed by atoms with van der Waals surface area (Å²) in [5.74, 6) is -1.61. The Morgan fingerprint density at radius 1 is 1.35 bits per heavy atom. The highest BCUT2D eigenvalue weighted by Gasteiger charge is 2.23. The molecule has 0 aromatic heterocycles. The summed E-state index contributed by atoms with van der Waals surface area (Å²) in [5, 5.41) is 11.4. The lowest BCUT2D eigenvalue weighted by Gasteiger charge is -2.24. The van der Waals surface area contributed by atoms with Gasteiger partial charge in [-0.25, -0.2) is 14.0 Å². The Labute approximate surface area is 117 Å². The second-order valence-electron chi connectivity index (χ2n) is 4.32. The lowest BCUT2D eigenvalue weighted by molar-refractivity contribution is -0.139. The zero-order chi connectivity index (χ0) is 15.1. The van der Waals surface area contributed by atoms with E-state index in [0.29, 0.717) is 12.8 Å². The van der Waals surface area contributed by atoms with Gasteiger partial charge in [0, 0.05) is 6.54 Å². The Hall–Kier alpha value is -2.11. The molecule has 20 heavy (non-hydrogen) atoms. The number of anilines is 1. The Morgan fingerprint density at radius 2 is 2.00 bits per heavy atom. The van der Waals surface area contributed by atoms with Crippen molar-refractivity contribution in [3.05, 3.63) is 30.1 Å². The number of nitrogens with one attached hydrogen (secondary N) is 1. The number of hydrogen-bond donors (Lipinski definition) is 2. The molecule has 2 N–H and O–H groups in total. The first-order valence-corrected chi connectivity index (χ1v) is 6.56. The number of halogens is 1. The van der Waals surface area contributed by atoms with Gasteiger partial charge in [0.1, 0.15) is 11.9 Å². The molecule has 0 saturated carbocycles. The van der Waals surface area contributed by atoms with Crippen molar-refractivity contribution in [1.29, 1.82) is 0 Å². The number of urea groups is 1. The van der Waals surface area contributed by atoms with E-state index >= 15 is 0 Å². The summed E-state index contributed by atoms with van der Waals surface area (Å²) >= 11 is 0. The van der Waals surface area contributed by atoms with Gasteiger partial charge < -0.3 is 10.4 Å². The summed E-state index contributed by atoms with van der Waals surface area (Å²) in [6.07, 6.45) is 0.957. The molecule has 110 valence electrons. The van der Waals surface area contributed by atoms with Crippen LogP contribution in [0.1, 0.15) is 26.7 Å². The lowest BCUT2D eigenvalue weighted by Crippen LogP contribution is -2.48. The van der Waals surface area contributed by atoms with Crippen LogP contribution in [-0.2, 0) is 4.79 Å². The Morgan fingerprint density at radius 3 is 2.50 bits per heavy atom. The highest BCUT2D eigenvalue weighted by atomic mass is 19.1. The van der Waals surface area contributed by atoms with Crippen LogP contribution in [0.5, 0.6) is 0 Å². The third kappa shape index (κ3) is 3.94. The minimum Gasteiger partial charge on any atom is -0.480 e. The zero-order valence-corrected chi connectivity index (χ0v) is 11.6. The Kier molecular flexibility index (Phi) is 5.96. The molecule has 2 amide bonds. The molecule has 6 heteroatoms. The highest BCUT2D eigenvalue weighted by molar-refractivity contribution is 5.94. The summed E-state index contributed by atoms with van der Waals surface area (Å²) in [6.45, 7) is 3.77. The smallest absolute Gasteiger partial charge is 0.326 e. The van der Waals surface area contributed by atoms with E-state index in [2.05, 4.69) is 5.32 Å². The molecule has 1 rings (SSSR count). The SMILES string of the molecule is CCC[C@@H](NC(=O)N(CC)c1ccccc1F)C(=O)O. The predicted octanol–water partition coefficient (Wildman–Crippen LogP) is 2.61. The summed E-state index contributed by atoms with van der Waals surface area (Å²) in [5.41, 5.74) is 0.133. The predicted molar refractivity (Wildman–Crippen MR) is 74.3 cm³/mol. The minimum absolute atomic E-state index is 0.133. The van der Waals surface area contributed by atoms with Gasteiger partial charge in [-0.05, 0) is 25.5 Å². The van der Waals surface area contributed by atoms with Crippen LogP contribution < -0.4 is 10.2 Å². The molecule has 1 aromatic rings. The van der Waals surface area contributed by atoms with Crippen LogP contribution in [0.2, 0.25) is 0 Å². The van der Waals surface area contributed by atoms with Crippen LogP contribution in [0, 0.1) is 5.82 Å². The van der Waals surface area contributed by atoms with E-state index in [1.165, 1.54) is 23.1 Å². The average molecular weight is 282 g/mol. The first-order valence-electron chi connectivity index (χ1n) is 6.56. The number of para-hydroxylation sites is 1. The van der Waals surface area contributed by atoms with Crippen molar-refractivity contribution < 1.29 is 19.1 Å². The molecule has 0 aliphatic carbocycles. The van der Waals surface area contributed by atoms with Crippen molar-refractivity contribution in [2.45, 2.75) is 32.7 Å². The summed E-state index contributed by atoms with van der Waals surface area (Å²) in [6, 6.07) is 4.31. The third-order valence-corrected chi connectivity index (χ3v) is 2.88. The fourth-order valence-corrected chi connectivity index (χ4v) is 1.87. The minimum atomic E-state index is -1.09. The van der Waals surface area contributed by atoms with Gasteiger partial charge in [-0.15, -0.1) is 0 Å². The molecule has 5 nitrogen and oxygen atoms in total. The molecule has 1 atom stereocenters. The molecule has 0 aliphatic heterocycles. The van der Waals surface area contributed by atoms with E-state index in [0.717, 1.165) is 0 Å². The van der Waals surface area contributed by atoms with Gasteiger partial charge in [-0.1, -0.05) is 25.5 Å². The number of benzene rings is 1. The third-order valence-electron chi connectivity index (χ3n) is 2.88. The van der Waals surface area contributed by atoms with Gasteiger partial charge in [0.25, 0.3) is 0 Å². The number of carbonyl (C=O) groups excluding carboxylic acids is 1. The van der Waals surface area contributed by atoms with Crippen molar-refractivity contribution in [2.75, 3.05) is 11.4 Å². The largest absolute Gasteiger partial charge is 0.480 e. The van der Waals surface area contributed by atoms with E-state index in [4.69, 9.17) is 5.11 Å². The molecule has 0 saturated heterocycles. The van der Waals surface area contributed by atoms with Crippen LogP contribution in [-0.4, -0.2) is 29.7 Å². The van der Waals surface area contributed by atoms with Crippen LogP contribution in [0.15, 0.2) is 24.3 Å². The molecule has 0 bridgehead atoms. The number of carboxylic acids is 1. The van der Waals surface area contributed by atoms with E-state index in [-0.39, 0.29) is 12.2 Å². The summed E-state index contributed by atoms with van der Waals surface area (Å²) < 4.78 is 13.7. The van der Waals surface area contributed by atoms with E-state index in [1.54, 1.807) is 13.0 Å². The van der Waals surface area contributed by atoms with Crippen molar-refractivity contribution in [2.24, 2.45) is 0 Å². The standard InChI is InChI=1S/C14H19FN2O3/c1-3-7-11(13(18)19)16-14(20)17(4-2)12-9-6-5-8-10(12)15/h5-6,8-9,11H,3-4,7H2,1-2H3,(H,16,20)(H,18,19)/t11-/m1/s1. The number of carboxylic acid groups (broad SMARTS) is 1. The quantitative estimate of drug-likeness (QED) is 0.842. The van der Waals surface area contributed by atoms with E-state index in [1.807, 2.05) is 6.92 Å². The first kappa shape index (κ1) is 15.9. The molecular formula is C14H19FN2O3. The first-order chi connectivity index (χ1) is 9.51. The Bertz CT molecular complexity index is 479. The van der Waals surface area contributed by atoms with Gasteiger partial charge in [0.15, 0.2) is 0 Å². The maximum absolute atomic E-state index is 13.7. The van der Waals surface area contributed by atoms with Gasteiger partial charge in [0.2, 0.25) is 0 Å². The van der Waals surface area contributed by atoms with Crippen molar-refractivity contribution >= 4 is 17.7 Å². The van der Waals surface area contributed by atoms with Gasteiger partial charge in [-0.2, -0.15) is 0 Å². The number of amides is 2. The lowest BCUT2D eigenvalue weighted by atomic mass is 10.2. The maximum atomic E-state index is 13.7. The van der Waals surface area contributed by atoms with Gasteiger partial charge in [0.05, 0.1) is 5.69 Å².